The fourth-order valence-electron chi connectivity index (χ4n) is 0.893. The molecule has 0 unspecified atom stereocenters. The van der Waals surface area contributed by atoms with Crippen LogP contribution in [0.2, 0.25) is 0 Å². The molecule has 0 atom stereocenters. The van der Waals surface area contributed by atoms with Crippen molar-refractivity contribution >= 4 is 42.1 Å². The largest absolute Gasteiger partial charge is 0.354 e. The highest BCUT2D eigenvalue weighted by atomic mass is 35.5. The molecule has 1 heterocycles. The number of aromatic nitrogens is 1. The zero-order chi connectivity index (χ0) is 10.6. The maximum atomic E-state index is 11.3. The Morgan fingerprint density at radius 3 is 2.62 bits per heavy atom. The number of nitrogens with one attached hydrogen (secondary N) is 1. The Morgan fingerprint density at radius 1 is 1.56 bits per heavy atom. The monoisotopic (exact) mass is 285 g/mol. The normalized spacial score (nSPS) is 9.94. The van der Waals surface area contributed by atoms with Crippen LogP contribution in [0.25, 0.3) is 0 Å². The predicted octanol–water partition coefficient (Wildman–Crippen LogP) is 1.38. The molecule has 16 heavy (non-hydrogen) atoms. The van der Waals surface area contributed by atoms with Crippen LogP contribution in [0.4, 0.5) is 0 Å². The van der Waals surface area contributed by atoms with Crippen LogP contribution in [0, 0.1) is 0 Å². The third-order valence-corrected chi connectivity index (χ3v) is 2.37. The molecule has 0 bridgehead atoms. The van der Waals surface area contributed by atoms with Gasteiger partial charge >= 0.3 is 0 Å². The number of nitrogens with two attached hydrogens (primary N) is 1. The Morgan fingerprint density at radius 2 is 2.19 bits per heavy atom. The fraction of sp³-hybridized carbons (Fsp3) is 0.556. The highest BCUT2D eigenvalue weighted by Gasteiger charge is 2.20. The maximum absolute atomic E-state index is 11.3. The Balaban J connectivity index is 0. The number of carbonyl (C=O) groups excluding carboxylic acids is 1. The Kier molecular flexibility index (Phi) is 8.83. The van der Waals surface area contributed by atoms with Crippen molar-refractivity contribution in [2.75, 3.05) is 6.54 Å². The van der Waals surface area contributed by atoms with E-state index in [9.17, 15) is 4.79 Å². The number of amides is 1. The topological polar surface area (TPSA) is 68.0 Å². The van der Waals surface area contributed by atoms with Gasteiger partial charge in [-0.25, -0.2) is 4.98 Å². The van der Waals surface area contributed by atoms with Crippen LogP contribution in [0.1, 0.15) is 19.5 Å². The molecular formula is C9H17Cl2N3OS. The lowest BCUT2D eigenvalue weighted by atomic mass is 10.1. The van der Waals surface area contributed by atoms with E-state index < -0.39 is 5.54 Å². The molecule has 1 amide bonds. The summed E-state index contributed by atoms with van der Waals surface area (Å²) in [4.78, 5) is 15.5. The van der Waals surface area contributed by atoms with E-state index in [2.05, 4.69) is 10.3 Å². The lowest BCUT2D eigenvalue weighted by Crippen LogP contribution is -2.49. The summed E-state index contributed by atoms with van der Waals surface area (Å²) in [6.07, 6.45) is 0.755. The average Bonchev–Trinajstić information content (AvgIpc) is 2.55. The minimum Gasteiger partial charge on any atom is -0.354 e. The molecule has 1 rings (SSSR count). The first-order valence-electron chi connectivity index (χ1n) is 4.44. The number of thiazole rings is 1. The van der Waals surface area contributed by atoms with E-state index in [4.69, 9.17) is 5.73 Å². The molecule has 3 N–H and O–H groups in total. The van der Waals surface area contributed by atoms with Gasteiger partial charge in [-0.15, -0.1) is 36.2 Å². The fourth-order valence-corrected chi connectivity index (χ4v) is 1.49. The number of halogens is 2. The van der Waals surface area contributed by atoms with Gasteiger partial charge in [0.1, 0.15) is 0 Å². The van der Waals surface area contributed by atoms with Gasteiger partial charge < -0.3 is 11.1 Å². The summed E-state index contributed by atoms with van der Waals surface area (Å²) in [5.74, 6) is -0.132. The minimum atomic E-state index is -0.803. The second-order valence-corrected chi connectivity index (χ2v) is 4.43. The smallest absolute Gasteiger partial charge is 0.239 e. The summed E-state index contributed by atoms with van der Waals surface area (Å²) >= 11 is 1.56. The van der Waals surface area contributed by atoms with Gasteiger partial charge in [0.15, 0.2) is 0 Å². The first kappa shape index (κ1) is 18.0. The molecule has 0 fully saturated rings. The van der Waals surface area contributed by atoms with Gasteiger partial charge in [-0.1, -0.05) is 0 Å². The molecule has 4 nitrogen and oxygen atoms in total. The SMILES string of the molecule is CC(C)(N)C(=O)NCCc1cscn1.Cl.Cl. The Hall–Kier alpha value is -0.360. The Bertz CT molecular complexity index is 298. The molecule has 94 valence electrons. The molecule has 0 saturated heterocycles. The van der Waals surface area contributed by atoms with Crippen LogP contribution in [-0.2, 0) is 11.2 Å². The van der Waals surface area contributed by atoms with Crippen molar-refractivity contribution in [1.82, 2.24) is 10.3 Å². The van der Waals surface area contributed by atoms with Crippen LogP contribution < -0.4 is 11.1 Å². The molecule has 0 aromatic carbocycles. The van der Waals surface area contributed by atoms with E-state index in [1.54, 1.807) is 30.7 Å². The van der Waals surface area contributed by atoms with Crippen molar-refractivity contribution in [2.45, 2.75) is 25.8 Å². The quantitative estimate of drug-likeness (QED) is 0.878. The summed E-state index contributed by atoms with van der Waals surface area (Å²) in [6.45, 7) is 3.96. The zero-order valence-electron chi connectivity index (χ0n) is 9.23. The zero-order valence-corrected chi connectivity index (χ0v) is 11.7. The summed E-state index contributed by atoms with van der Waals surface area (Å²) < 4.78 is 0. The number of hydrogen-bond acceptors (Lipinski definition) is 4. The van der Waals surface area contributed by atoms with Gasteiger partial charge in [0.05, 0.1) is 16.7 Å². The molecule has 0 saturated carbocycles. The van der Waals surface area contributed by atoms with Crippen molar-refractivity contribution in [3.63, 3.8) is 0 Å². The number of nitrogens with zero attached hydrogens (tertiary/aromatic N) is 1. The van der Waals surface area contributed by atoms with Crippen LogP contribution in [0.5, 0.6) is 0 Å². The van der Waals surface area contributed by atoms with Crippen LogP contribution >= 0.6 is 36.2 Å². The third kappa shape index (κ3) is 6.27. The molecule has 0 aliphatic rings. The van der Waals surface area contributed by atoms with Crippen LogP contribution in [-0.4, -0.2) is 23.0 Å². The number of rotatable bonds is 4. The third-order valence-electron chi connectivity index (χ3n) is 1.74. The van der Waals surface area contributed by atoms with Gasteiger partial charge in [-0.05, 0) is 13.8 Å². The minimum absolute atomic E-state index is 0. The first-order chi connectivity index (χ1) is 6.50. The molecule has 0 aliphatic carbocycles. The molecule has 0 aliphatic heterocycles. The summed E-state index contributed by atoms with van der Waals surface area (Å²) in [7, 11) is 0. The summed E-state index contributed by atoms with van der Waals surface area (Å²) in [5, 5.41) is 4.73. The van der Waals surface area contributed by atoms with E-state index in [1.165, 1.54) is 0 Å². The molecular weight excluding hydrogens is 269 g/mol. The molecule has 1 aromatic heterocycles. The van der Waals surface area contributed by atoms with E-state index in [-0.39, 0.29) is 30.7 Å². The predicted molar refractivity (Wildman–Crippen MR) is 71.6 cm³/mol. The Labute approximate surface area is 112 Å². The molecule has 0 spiro atoms. The van der Waals surface area contributed by atoms with Crippen molar-refractivity contribution in [1.29, 1.82) is 0 Å². The van der Waals surface area contributed by atoms with Gasteiger partial charge in [-0.2, -0.15) is 0 Å². The van der Waals surface area contributed by atoms with Crippen molar-refractivity contribution in [3.05, 3.63) is 16.6 Å². The summed E-state index contributed by atoms with van der Waals surface area (Å²) in [6, 6.07) is 0. The highest BCUT2D eigenvalue weighted by molar-refractivity contribution is 7.07. The van der Waals surface area contributed by atoms with E-state index in [0.717, 1.165) is 12.1 Å². The number of hydrogen-bond donors (Lipinski definition) is 2. The van der Waals surface area contributed by atoms with Gasteiger partial charge in [0, 0.05) is 18.3 Å². The standard InChI is InChI=1S/C9H15N3OS.2ClH/c1-9(2,10)8(13)11-4-3-7-5-14-6-12-7;;/h5-6H,3-4,10H2,1-2H3,(H,11,13);2*1H. The lowest BCUT2D eigenvalue weighted by molar-refractivity contribution is -0.125. The van der Waals surface area contributed by atoms with E-state index >= 15 is 0 Å². The van der Waals surface area contributed by atoms with Crippen molar-refractivity contribution in [2.24, 2.45) is 5.73 Å². The second-order valence-electron chi connectivity index (χ2n) is 3.71. The van der Waals surface area contributed by atoms with Crippen LogP contribution in [0.3, 0.4) is 0 Å². The van der Waals surface area contributed by atoms with Gasteiger partial charge in [0.2, 0.25) is 5.91 Å². The highest BCUT2D eigenvalue weighted by Crippen LogP contribution is 2.01. The van der Waals surface area contributed by atoms with E-state index in [0.29, 0.717) is 6.54 Å². The molecule has 7 heteroatoms. The lowest BCUT2D eigenvalue weighted by Gasteiger charge is -2.17. The molecule has 1 aromatic rings. The van der Waals surface area contributed by atoms with Crippen molar-refractivity contribution < 1.29 is 4.79 Å². The first-order valence-corrected chi connectivity index (χ1v) is 5.38. The number of carbonyl (C=O) groups is 1. The van der Waals surface area contributed by atoms with Gasteiger partial charge in [0.25, 0.3) is 0 Å². The van der Waals surface area contributed by atoms with E-state index in [1.807, 2.05) is 5.38 Å². The summed E-state index contributed by atoms with van der Waals surface area (Å²) in [5.41, 5.74) is 7.60. The van der Waals surface area contributed by atoms with Crippen LogP contribution in [0.15, 0.2) is 10.9 Å². The van der Waals surface area contributed by atoms with Gasteiger partial charge in [-0.3, -0.25) is 4.79 Å². The maximum Gasteiger partial charge on any atom is 0.239 e. The van der Waals surface area contributed by atoms with Crippen molar-refractivity contribution in [3.8, 4) is 0 Å². The average molecular weight is 286 g/mol. The molecule has 0 radical (unpaired) electrons. The second kappa shape index (κ2) is 7.84.